The van der Waals surface area contributed by atoms with Crippen molar-refractivity contribution < 1.29 is 9.66 Å². The van der Waals surface area contributed by atoms with Crippen LogP contribution in [0.15, 0.2) is 18.2 Å². The summed E-state index contributed by atoms with van der Waals surface area (Å²) < 4.78 is 5.32. The lowest BCUT2D eigenvalue weighted by Gasteiger charge is -2.10. The van der Waals surface area contributed by atoms with Crippen LogP contribution in [0.25, 0.3) is 0 Å². The second-order valence-electron chi connectivity index (χ2n) is 4.70. The van der Waals surface area contributed by atoms with Crippen molar-refractivity contribution in [1.82, 2.24) is 0 Å². The maximum atomic E-state index is 10.7. The summed E-state index contributed by atoms with van der Waals surface area (Å²) in [4.78, 5) is 10.3. The molecule has 18 heavy (non-hydrogen) atoms. The van der Waals surface area contributed by atoms with E-state index in [4.69, 9.17) is 4.74 Å². The van der Waals surface area contributed by atoms with Gasteiger partial charge in [0.1, 0.15) is 0 Å². The summed E-state index contributed by atoms with van der Waals surface area (Å²) in [6, 6.07) is 5.13. The largest absolute Gasteiger partial charge is 0.385 e. The Morgan fingerprint density at radius 2 is 2.39 bits per heavy atom. The molecule has 1 atom stereocenters. The molecule has 1 N–H and O–H groups in total. The Hall–Kier alpha value is -1.62. The molecule has 1 aromatic rings. The molecule has 0 amide bonds. The van der Waals surface area contributed by atoms with Crippen LogP contribution in [0.4, 0.5) is 11.4 Å². The third-order valence-electron chi connectivity index (χ3n) is 3.30. The molecule has 1 unspecified atom stereocenters. The lowest BCUT2D eigenvalue weighted by atomic mass is 10.1. The molecule has 1 saturated heterocycles. The zero-order chi connectivity index (χ0) is 13.0. The second-order valence-corrected chi connectivity index (χ2v) is 4.70. The number of hydrogen-bond donors (Lipinski definition) is 1. The number of rotatable bonds is 5. The summed E-state index contributed by atoms with van der Waals surface area (Å²) in [5, 5.41) is 14.0. The van der Waals surface area contributed by atoms with Crippen LogP contribution in [-0.2, 0) is 4.74 Å². The van der Waals surface area contributed by atoms with Crippen molar-refractivity contribution in [2.24, 2.45) is 5.92 Å². The Morgan fingerprint density at radius 3 is 3.00 bits per heavy atom. The van der Waals surface area contributed by atoms with Crippen LogP contribution in [0.5, 0.6) is 0 Å². The lowest BCUT2D eigenvalue weighted by Crippen LogP contribution is -2.09. The van der Waals surface area contributed by atoms with Crippen molar-refractivity contribution in [3.05, 3.63) is 33.9 Å². The summed E-state index contributed by atoms with van der Waals surface area (Å²) >= 11 is 0. The van der Waals surface area contributed by atoms with Crippen molar-refractivity contribution >= 4 is 11.4 Å². The van der Waals surface area contributed by atoms with E-state index in [-0.39, 0.29) is 10.6 Å². The standard InChI is InChI=1S/C13H18N2O3/c1-10-8-12(2-3-13(10)15(16)17)14-6-4-11-5-7-18-9-11/h2-3,8,11,14H,4-7,9H2,1H3. The molecule has 1 fully saturated rings. The van der Waals surface area contributed by atoms with Crippen LogP contribution in [0.1, 0.15) is 18.4 Å². The number of aryl methyl sites for hydroxylation is 1. The Balaban J connectivity index is 1.85. The van der Waals surface area contributed by atoms with Gasteiger partial charge in [-0.3, -0.25) is 10.1 Å². The quantitative estimate of drug-likeness (QED) is 0.644. The van der Waals surface area contributed by atoms with Gasteiger partial charge in [-0.05, 0) is 37.8 Å². The molecule has 0 saturated carbocycles. The van der Waals surface area contributed by atoms with E-state index in [9.17, 15) is 10.1 Å². The number of nitrogens with one attached hydrogen (secondary N) is 1. The fourth-order valence-corrected chi connectivity index (χ4v) is 2.20. The van der Waals surface area contributed by atoms with Crippen molar-refractivity contribution in [2.75, 3.05) is 25.1 Å². The predicted octanol–water partition coefficient (Wildman–Crippen LogP) is 2.74. The maximum Gasteiger partial charge on any atom is 0.272 e. The second kappa shape index (κ2) is 5.82. The van der Waals surface area contributed by atoms with E-state index in [2.05, 4.69) is 5.32 Å². The molecule has 98 valence electrons. The first-order valence-corrected chi connectivity index (χ1v) is 6.23. The van der Waals surface area contributed by atoms with Crippen molar-refractivity contribution in [3.63, 3.8) is 0 Å². The zero-order valence-electron chi connectivity index (χ0n) is 10.5. The average Bonchev–Trinajstić information content (AvgIpc) is 2.81. The SMILES string of the molecule is Cc1cc(NCCC2CCOC2)ccc1[N+](=O)[O-]. The predicted molar refractivity (Wildman–Crippen MR) is 69.9 cm³/mol. The third kappa shape index (κ3) is 3.20. The molecular formula is C13H18N2O3. The monoisotopic (exact) mass is 250 g/mol. The van der Waals surface area contributed by atoms with Gasteiger partial charge in [-0.15, -0.1) is 0 Å². The average molecular weight is 250 g/mol. The van der Waals surface area contributed by atoms with E-state index < -0.39 is 0 Å². The minimum atomic E-state index is -0.352. The molecule has 2 rings (SSSR count). The third-order valence-corrected chi connectivity index (χ3v) is 3.30. The minimum absolute atomic E-state index is 0.171. The van der Waals surface area contributed by atoms with E-state index in [1.165, 1.54) is 0 Å². The van der Waals surface area contributed by atoms with Gasteiger partial charge in [-0.25, -0.2) is 0 Å². The summed E-state index contributed by atoms with van der Waals surface area (Å²) in [6.45, 7) is 4.38. The highest BCUT2D eigenvalue weighted by Crippen LogP contribution is 2.22. The zero-order valence-corrected chi connectivity index (χ0v) is 10.5. The number of hydrogen-bond acceptors (Lipinski definition) is 4. The number of nitro groups is 1. The molecule has 0 aromatic heterocycles. The van der Waals surface area contributed by atoms with Gasteiger partial charge in [0.25, 0.3) is 5.69 Å². The number of anilines is 1. The van der Waals surface area contributed by atoms with Crippen LogP contribution in [-0.4, -0.2) is 24.7 Å². The molecule has 0 aliphatic carbocycles. The van der Waals surface area contributed by atoms with Gasteiger partial charge in [0, 0.05) is 37.1 Å². The van der Waals surface area contributed by atoms with E-state index >= 15 is 0 Å². The highest BCUT2D eigenvalue weighted by atomic mass is 16.6. The van der Waals surface area contributed by atoms with Gasteiger partial charge < -0.3 is 10.1 Å². The van der Waals surface area contributed by atoms with Gasteiger partial charge in [-0.1, -0.05) is 0 Å². The number of benzene rings is 1. The van der Waals surface area contributed by atoms with Gasteiger partial charge in [0.05, 0.1) is 4.92 Å². The Kier molecular flexibility index (Phi) is 4.15. The molecule has 0 bridgehead atoms. The van der Waals surface area contributed by atoms with Gasteiger partial charge in [0.15, 0.2) is 0 Å². The first kappa shape index (κ1) is 12.8. The van der Waals surface area contributed by atoms with Gasteiger partial charge in [0.2, 0.25) is 0 Å². The molecule has 0 spiro atoms. The first-order valence-electron chi connectivity index (χ1n) is 6.23. The van der Waals surface area contributed by atoms with Crippen LogP contribution in [0.2, 0.25) is 0 Å². The van der Waals surface area contributed by atoms with Gasteiger partial charge in [-0.2, -0.15) is 0 Å². The fourth-order valence-electron chi connectivity index (χ4n) is 2.20. The number of nitro benzene ring substituents is 1. The molecule has 0 radical (unpaired) electrons. The highest BCUT2D eigenvalue weighted by Gasteiger charge is 2.15. The van der Waals surface area contributed by atoms with Crippen molar-refractivity contribution in [2.45, 2.75) is 19.8 Å². The van der Waals surface area contributed by atoms with Gasteiger partial charge >= 0.3 is 0 Å². The topological polar surface area (TPSA) is 64.4 Å². The van der Waals surface area contributed by atoms with Crippen LogP contribution < -0.4 is 5.32 Å². The Morgan fingerprint density at radius 1 is 1.56 bits per heavy atom. The molecule has 5 nitrogen and oxygen atoms in total. The van der Waals surface area contributed by atoms with Crippen molar-refractivity contribution in [1.29, 1.82) is 0 Å². The molecule has 1 aliphatic rings. The normalized spacial score (nSPS) is 18.8. The van der Waals surface area contributed by atoms with Crippen LogP contribution in [0.3, 0.4) is 0 Å². The lowest BCUT2D eigenvalue weighted by molar-refractivity contribution is -0.385. The fraction of sp³-hybridized carbons (Fsp3) is 0.538. The minimum Gasteiger partial charge on any atom is -0.385 e. The number of ether oxygens (including phenoxy) is 1. The van der Waals surface area contributed by atoms with E-state index in [1.807, 2.05) is 6.07 Å². The maximum absolute atomic E-state index is 10.7. The smallest absolute Gasteiger partial charge is 0.272 e. The summed E-state index contributed by atoms with van der Waals surface area (Å²) in [7, 11) is 0. The Bertz CT molecular complexity index is 428. The highest BCUT2D eigenvalue weighted by molar-refractivity contribution is 5.53. The first-order chi connectivity index (χ1) is 8.66. The molecular weight excluding hydrogens is 232 g/mol. The molecule has 1 aliphatic heterocycles. The summed E-state index contributed by atoms with van der Waals surface area (Å²) in [6.07, 6.45) is 2.22. The molecule has 5 heteroatoms. The van der Waals surface area contributed by atoms with Crippen LogP contribution in [0, 0.1) is 23.0 Å². The Labute approximate surface area is 106 Å². The van der Waals surface area contributed by atoms with E-state index in [0.717, 1.165) is 38.3 Å². The number of nitrogens with zero attached hydrogens (tertiary/aromatic N) is 1. The summed E-state index contributed by atoms with van der Waals surface area (Å²) in [5.41, 5.74) is 1.80. The molecule has 1 aromatic carbocycles. The molecule has 1 heterocycles. The van der Waals surface area contributed by atoms with Crippen LogP contribution >= 0.6 is 0 Å². The van der Waals surface area contributed by atoms with E-state index in [1.54, 1.807) is 19.1 Å². The van der Waals surface area contributed by atoms with E-state index in [0.29, 0.717) is 11.5 Å². The summed E-state index contributed by atoms with van der Waals surface area (Å²) in [5.74, 6) is 0.650. The van der Waals surface area contributed by atoms with Crippen molar-refractivity contribution in [3.8, 4) is 0 Å².